The number of aliphatic carboxylic acids is 1. The molecule has 0 aromatic carbocycles. The lowest BCUT2D eigenvalue weighted by atomic mass is 10.0. The zero-order chi connectivity index (χ0) is 15.4. The van der Waals surface area contributed by atoms with E-state index in [1.165, 1.54) is 19.5 Å². The summed E-state index contributed by atoms with van der Waals surface area (Å²) in [6.07, 6.45) is -5.11. The van der Waals surface area contributed by atoms with Gasteiger partial charge in [0.1, 0.15) is 0 Å². The maximum atomic E-state index is 12.7. The van der Waals surface area contributed by atoms with E-state index in [1.54, 1.807) is 6.92 Å². The standard InChI is InChI=1S/C10H17F3N2O4/c1-6(5-19-4)15(3)8(18)14-9(2,7(16)17)10(11,12)13/h6H,5H2,1-4H3,(H,14,18)(H,16,17). The zero-order valence-electron chi connectivity index (χ0n) is 11.0. The van der Waals surface area contributed by atoms with Crippen molar-refractivity contribution < 1.29 is 32.6 Å². The molecule has 0 fully saturated rings. The van der Waals surface area contributed by atoms with Gasteiger partial charge in [-0.25, -0.2) is 9.59 Å². The molecule has 112 valence electrons. The number of halogens is 3. The third-order valence-corrected chi connectivity index (χ3v) is 2.74. The van der Waals surface area contributed by atoms with Gasteiger partial charge in [0.15, 0.2) is 0 Å². The Morgan fingerprint density at radius 2 is 1.89 bits per heavy atom. The van der Waals surface area contributed by atoms with Crippen molar-refractivity contribution in [3.05, 3.63) is 0 Å². The molecule has 0 saturated carbocycles. The SMILES string of the molecule is COCC(C)N(C)C(=O)NC(C)(C(=O)O)C(F)(F)F. The number of carboxylic acid groups (broad SMARTS) is 1. The van der Waals surface area contributed by atoms with Crippen molar-refractivity contribution in [3.8, 4) is 0 Å². The lowest BCUT2D eigenvalue weighted by Crippen LogP contribution is -2.64. The summed E-state index contributed by atoms with van der Waals surface area (Å²) in [7, 11) is 2.62. The Kier molecular flexibility index (Phi) is 5.61. The van der Waals surface area contributed by atoms with Gasteiger partial charge < -0.3 is 20.1 Å². The molecular formula is C10H17F3N2O4. The molecule has 0 aromatic rings. The van der Waals surface area contributed by atoms with E-state index < -0.39 is 29.8 Å². The molecule has 0 rings (SSSR count). The largest absolute Gasteiger partial charge is 0.479 e. The van der Waals surface area contributed by atoms with Gasteiger partial charge in [-0.05, 0) is 13.8 Å². The lowest BCUT2D eigenvalue weighted by Gasteiger charge is -2.32. The molecule has 6 nitrogen and oxygen atoms in total. The average molecular weight is 286 g/mol. The second-order valence-corrected chi connectivity index (χ2v) is 4.27. The van der Waals surface area contributed by atoms with Crippen molar-refractivity contribution in [2.24, 2.45) is 0 Å². The monoisotopic (exact) mass is 286 g/mol. The fourth-order valence-corrected chi connectivity index (χ4v) is 1.10. The van der Waals surface area contributed by atoms with E-state index in [-0.39, 0.29) is 6.61 Å². The van der Waals surface area contributed by atoms with Crippen LogP contribution in [-0.4, -0.2) is 60.5 Å². The summed E-state index contributed by atoms with van der Waals surface area (Å²) in [5, 5.41) is 10.1. The van der Waals surface area contributed by atoms with Crippen molar-refractivity contribution in [3.63, 3.8) is 0 Å². The number of ether oxygens (including phenoxy) is 1. The topological polar surface area (TPSA) is 78.9 Å². The molecule has 0 aromatic heterocycles. The predicted octanol–water partition coefficient (Wildman–Crippen LogP) is 1.07. The Bertz CT molecular complexity index is 348. The Hall–Kier alpha value is -1.51. The maximum Gasteiger partial charge on any atom is 0.422 e. The molecule has 0 aliphatic rings. The molecule has 0 bridgehead atoms. The number of alkyl halides is 3. The van der Waals surface area contributed by atoms with Crippen LogP contribution < -0.4 is 5.32 Å². The van der Waals surface area contributed by atoms with Gasteiger partial charge in [-0.1, -0.05) is 0 Å². The average Bonchev–Trinajstić information content (AvgIpc) is 2.26. The highest BCUT2D eigenvalue weighted by Crippen LogP contribution is 2.30. The van der Waals surface area contributed by atoms with Gasteiger partial charge in [-0.2, -0.15) is 13.2 Å². The number of hydrogen-bond acceptors (Lipinski definition) is 3. The maximum absolute atomic E-state index is 12.7. The highest BCUT2D eigenvalue weighted by molar-refractivity contribution is 5.86. The second kappa shape index (κ2) is 6.09. The van der Waals surface area contributed by atoms with E-state index in [0.717, 1.165) is 4.90 Å². The molecule has 0 aliphatic heterocycles. The van der Waals surface area contributed by atoms with Crippen molar-refractivity contribution in [1.82, 2.24) is 10.2 Å². The molecular weight excluding hydrogens is 269 g/mol. The first-order valence-electron chi connectivity index (χ1n) is 5.31. The van der Waals surface area contributed by atoms with Crippen LogP contribution in [0.2, 0.25) is 0 Å². The fourth-order valence-electron chi connectivity index (χ4n) is 1.10. The van der Waals surface area contributed by atoms with Crippen LogP contribution in [-0.2, 0) is 9.53 Å². The van der Waals surface area contributed by atoms with E-state index in [4.69, 9.17) is 9.84 Å². The number of carbonyl (C=O) groups excluding carboxylic acids is 1. The van der Waals surface area contributed by atoms with Crippen LogP contribution in [0, 0.1) is 0 Å². The van der Waals surface area contributed by atoms with Crippen LogP contribution in [0.1, 0.15) is 13.8 Å². The molecule has 0 heterocycles. The number of nitrogens with zero attached hydrogens (tertiary/aromatic N) is 1. The number of urea groups is 1. The minimum absolute atomic E-state index is 0.111. The first-order chi connectivity index (χ1) is 8.47. The molecule has 9 heteroatoms. The van der Waals surface area contributed by atoms with Crippen LogP contribution in [0.25, 0.3) is 0 Å². The van der Waals surface area contributed by atoms with Gasteiger partial charge >= 0.3 is 18.2 Å². The molecule has 2 N–H and O–H groups in total. The van der Waals surface area contributed by atoms with Gasteiger partial charge in [0, 0.05) is 14.2 Å². The number of amides is 2. The summed E-state index contributed by atoms with van der Waals surface area (Å²) >= 11 is 0. The molecule has 0 aliphatic carbocycles. The van der Waals surface area contributed by atoms with Gasteiger partial charge in [-0.15, -0.1) is 0 Å². The molecule has 0 saturated heterocycles. The molecule has 19 heavy (non-hydrogen) atoms. The predicted molar refractivity (Wildman–Crippen MR) is 59.7 cm³/mol. The third kappa shape index (κ3) is 3.98. The van der Waals surface area contributed by atoms with Crippen LogP contribution in [0.3, 0.4) is 0 Å². The number of rotatable bonds is 5. The van der Waals surface area contributed by atoms with Crippen LogP contribution in [0.4, 0.5) is 18.0 Å². The first kappa shape index (κ1) is 17.5. The molecule has 2 unspecified atom stereocenters. The highest BCUT2D eigenvalue weighted by Gasteiger charge is 2.58. The number of methoxy groups -OCH3 is 1. The normalized spacial score (nSPS) is 16.4. The minimum Gasteiger partial charge on any atom is -0.479 e. The Balaban J connectivity index is 4.99. The fraction of sp³-hybridized carbons (Fsp3) is 0.800. The number of hydrogen-bond donors (Lipinski definition) is 2. The summed E-state index contributed by atoms with van der Waals surface area (Å²) in [6.45, 7) is 2.05. The lowest BCUT2D eigenvalue weighted by molar-refractivity contribution is -0.203. The second-order valence-electron chi connectivity index (χ2n) is 4.27. The minimum atomic E-state index is -5.11. The number of likely N-dealkylation sites (N-methyl/N-ethyl adjacent to an activating group) is 1. The van der Waals surface area contributed by atoms with E-state index in [1.807, 2.05) is 0 Å². The van der Waals surface area contributed by atoms with Gasteiger partial charge in [0.05, 0.1) is 12.6 Å². The summed E-state index contributed by atoms with van der Waals surface area (Å²) < 4.78 is 42.8. The van der Waals surface area contributed by atoms with E-state index >= 15 is 0 Å². The zero-order valence-corrected chi connectivity index (χ0v) is 11.0. The number of nitrogens with one attached hydrogen (secondary N) is 1. The quantitative estimate of drug-likeness (QED) is 0.792. The summed E-state index contributed by atoms with van der Waals surface area (Å²) in [4.78, 5) is 23.3. The van der Waals surface area contributed by atoms with Gasteiger partial charge in [-0.3, -0.25) is 0 Å². The molecule has 2 amide bonds. The van der Waals surface area contributed by atoms with Gasteiger partial charge in [0.25, 0.3) is 0 Å². The number of carbonyl (C=O) groups is 2. The summed E-state index contributed by atoms with van der Waals surface area (Å²) in [5.41, 5.74) is -3.34. The van der Waals surface area contributed by atoms with Crippen LogP contribution in [0.15, 0.2) is 0 Å². The Morgan fingerprint density at radius 1 is 1.42 bits per heavy atom. The number of carboxylic acids is 1. The molecule has 0 radical (unpaired) electrons. The van der Waals surface area contributed by atoms with Crippen molar-refractivity contribution in [1.29, 1.82) is 0 Å². The van der Waals surface area contributed by atoms with E-state index in [2.05, 4.69) is 0 Å². The van der Waals surface area contributed by atoms with Gasteiger partial charge in [0.2, 0.25) is 5.54 Å². The molecule has 2 atom stereocenters. The summed E-state index contributed by atoms with van der Waals surface area (Å²) in [6, 6.07) is -1.65. The van der Waals surface area contributed by atoms with Crippen molar-refractivity contribution >= 4 is 12.0 Å². The van der Waals surface area contributed by atoms with Crippen LogP contribution >= 0.6 is 0 Å². The summed E-state index contributed by atoms with van der Waals surface area (Å²) in [5.74, 6) is -2.18. The first-order valence-corrected chi connectivity index (χ1v) is 5.31. The highest BCUT2D eigenvalue weighted by atomic mass is 19.4. The van der Waals surface area contributed by atoms with E-state index in [9.17, 15) is 22.8 Å². The third-order valence-electron chi connectivity index (χ3n) is 2.74. The van der Waals surface area contributed by atoms with Crippen molar-refractivity contribution in [2.45, 2.75) is 31.6 Å². The van der Waals surface area contributed by atoms with Crippen LogP contribution in [0.5, 0.6) is 0 Å². The Morgan fingerprint density at radius 3 is 2.21 bits per heavy atom. The Labute approximate surface area is 108 Å². The van der Waals surface area contributed by atoms with Crippen molar-refractivity contribution in [2.75, 3.05) is 20.8 Å². The smallest absolute Gasteiger partial charge is 0.422 e. The van der Waals surface area contributed by atoms with E-state index in [0.29, 0.717) is 6.92 Å². The molecule has 0 spiro atoms.